The molecule has 0 spiro atoms. The predicted molar refractivity (Wildman–Crippen MR) is 120 cm³/mol. The van der Waals surface area contributed by atoms with Gasteiger partial charge in [0.15, 0.2) is 0 Å². The number of phenolic OH excluding ortho intramolecular Hbond substituents is 2. The number of benzene rings is 2. The minimum Gasteiger partial charge on any atom is -0.506 e. The summed E-state index contributed by atoms with van der Waals surface area (Å²) in [6, 6.07) is 7.51. The highest BCUT2D eigenvalue weighted by Crippen LogP contribution is 2.33. The number of aromatic hydroxyl groups is 2. The normalized spacial score (nSPS) is 11.5. The summed E-state index contributed by atoms with van der Waals surface area (Å²) in [6.07, 6.45) is 0. The zero-order chi connectivity index (χ0) is 19.4. The van der Waals surface area contributed by atoms with Gasteiger partial charge in [-0.3, -0.25) is 0 Å². The molecule has 0 amide bonds. The van der Waals surface area contributed by atoms with E-state index in [-0.39, 0.29) is 11.5 Å². The van der Waals surface area contributed by atoms with E-state index in [0.717, 1.165) is 33.2 Å². The first-order valence-corrected chi connectivity index (χ1v) is 11.1. The van der Waals surface area contributed by atoms with E-state index in [1.54, 1.807) is 0 Å². The summed E-state index contributed by atoms with van der Waals surface area (Å²) in [6.45, 7) is 2.95. The number of phenols is 2. The van der Waals surface area contributed by atoms with E-state index in [1.807, 2.05) is 38.4 Å². The van der Waals surface area contributed by atoms with Crippen LogP contribution in [0.2, 0.25) is 0 Å². The molecule has 0 aliphatic carbocycles. The largest absolute Gasteiger partial charge is 0.506 e. The maximum atomic E-state index is 10.2. The van der Waals surface area contributed by atoms with Crippen LogP contribution < -0.4 is 0 Å². The van der Waals surface area contributed by atoms with Crippen molar-refractivity contribution in [1.82, 2.24) is 9.80 Å². The molecule has 0 atom stereocenters. The molecule has 142 valence electrons. The Balaban J connectivity index is 1.92. The Morgan fingerprint density at radius 1 is 0.692 bits per heavy atom. The van der Waals surface area contributed by atoms with Crippen LogP contribution in [0.25, 0.3) is 0 Å². The molecule has 2 rings (SSSR count). The maximum absolute atomic E-state index is 10.2. The highest BCUT2D eigenvalue weighted by atomic mass is 79.9. The lowest BCUT2D eigenvalue weighted by Crippen LogP contribution is -2.30. The Morgan fingerprint density at radius 2 is 1.04 bits per heavy atom. The molecule has 8 heteroatoms. The molecule has 0 aromatic heterocycles. The molecular weight excluding hydrogens is 596 g/mol. The van der Waals surface area contributed by atoms with E-state index in [0.29, 0.717) is 22.0 Å². The zero-order valence-corrected chi connectivity index (χ0v) is 20.8. The molecule has 0 heterocycles. The van der Waals surface area contributed by atoms with Crippen LogP contribution >= 0.6 is 63.7 Å². The van der Waals surface area contributed by atoms with E-state index < -0.39 is 0 Å². The fourth-order valence-electron chi connectivity index (χ4n) is 2.56. The van der Waals surface area contributed by atoms with Gasteiger partial charge in [0, 0.05) is 46.3 Å². The van der Waals surface area contributed by atoms with Gasteiger partial charge in [-0.1, -0.05) is 31.9 Å². The van der Waals surface area contributed by atoms with Gasteiger partial charge in [-0.15, -0.1) is 0 Å². The minimum atomic E-state index is 0.275. The van der Waals surface area contributed by atoms with Crippen molar-refractivity contribution in [2.24, 2.45) is 0 Å². The number of hydrogen-bond donors (Lipinski definition) is 2. The summed E-state index contributed by atoms with van der Waals surface area (Å²) >= 11 is 13.6. The molecule has 2 aromatic carbocycles. The van der Waals surface area contributed by atoms with E-state index >= 15 is 0 Å². The van der Waals surface area contributed by atoms with Crippen molar-refractivity contribution >= 4 is 63.7 Å². The Labute approximate surface area is 187 Å². The standard InChI is InChI=1S/C18H20Br4N2O2/c1-23(9-11-5-13(19)7-15(21)17(11)25)3-4-24(2)10-12-6-14(20)8-16(22)18(12)26/h5-8,25-26H,3-4,9-10H2,1-2H3. The van der Waals surface area contributed by atoms with Crippen LogP contribution in [0, 0.1) is 0 Å². The topological polar surface area (TPSA) is 46.9 Å². The molecule has 0 unspecified atom stereocenters. The molecule has 0 aliphatic heterocycles. The van der Waals surface area contributed by atoms with Crippen LogP contribution in [0.5, 0.6) is 11.5 Å². The number of hydrogen-bond acceptors (Lipinski definition) is 4. The van der Waals surface area contributed by atoms with Gasteiger partial charge < -0.3 is 20.0 Å². The van der Waals surface area contributed by atoms with Gasteiger partial charge in [-0.2, -0.15) is 0 Å². The Hall–Kier alpha value is -0.120. The average molecular weight is 616 g/mol. The summed E-state index contributed by atoms with van der Waals surface area (Å²) in [4.78, 5) is 4.31. The van der Waals surface area contributed by atoms with Crippen molar-refractivity contribution in [2.45, 2.75) is 13.1 Å². The third-order valence-electron chi connectivity index (χ3n) is 3.96. The Bertz CT molecular complexity index is 721. The second kappa shape index (κ2) is 9.89. The summed E-state index contributed by atoms with van der Waals surface area (Å²) in [5.74, 6) is 0.551. The van der Waals surface area contributed by atoms with Gasteiger partial charge in [0.2, 0.25) is 0 Å². The second-order valence-corrected chi connectivity index (χ2v) is 9.81. The fraction of sp³-hybridized carbons (Fsp3) is 0.333. The lowest BCUT2D eigenvalue weighted by atomic mass is 10.2. The van der Waals surface area contributed by atoms with Crippen molar-refractivity contribution in [1.29, 1.82) is 0 Å². The van der Waals surface area contributed by atoms with E-state index in [2.05, 4.69) is 73.5 Å². The second-order valence-electron chi connectivity index (χ2n) is 6.27. The molecule has 4 nitrogen and oxygen atoms in total. The Kier molecular flexibility index (Phi) is 8.43. The molecule has 0 radical (unpaired) electrons. The summed E-state index contributed by atoms with van der Waals surface area (Å²) in [5.41, 5.74) is 1.73. The third-order valence-corrected chi connectivity index (χ3v) is 6.08. The first kappa shape index (κ1) is 22.2. The van der Waals surface area contributed by atoms with Crippen molar-refractivity contribution in [2.75, 3.05) is 27.2 Å². The van der Waals surface area contributed by atoms with Gasteiger partial charge >= 0.3 is 0 Å². The van der Waals surface area contributed by atoms with Crippen LogP contribution in [-0.2, 0) is 13.1 Å². The average Bonchev–Trinajstić information content (AvgIpc) is 2.55. The highest BCUT2D eigenvalue weighted by Gasteiger charge is 2.12. The lowest BCUT2D eigenvalue weighted by molar-refractivity contribution is 0.243. The summed E-state index contributed by atoms with van der Waals surface area (Å²) in [7, 11) is 4.05. The van der Waals surface area contributed by atoms with Crippen LogP contribution in [0.15, 0.2) is 42.2 Å². The van der Waals surface area contributed by atoms with Crippen molar-refractivity contribution in [3.63, 3.8) is 0 Å². The molecule has 2 aromatic rings. The highest BCUT2D eigenvalue weighted by molar-refractivity contribution is 9.11. The lowest BCUT2D eigenvalue weighted by Gasteiger charge is -2.23. The first-order valence-electron chi connectivity index (χ1n) is 7.88. The van der Waals surface area contributed by atoms with Crippen LogP contribution in [0.3, 0.4) is 0 Å². The first-order chi connectivity index (χ1) is 12.2. The van der Waals surface area contributed by atoms with E-state index in [4.69, 9.17) is 0 Å². The summed E-state index contributed by atoms with van der Waals surface area (Å²) < 4.78 is 3.22. The zero-order valence-electron chi connectivity index (χ0n) is 14.4. The number of rotatable bonds is 7. The predicted octanol–water partition coefficient (Wildman–Crippen LogP) is 5.71. The smallest absolute Gasteiger partial charge is 0.134 e. The van der Waals surface area contributed by atoms with Gasteiger partial charge in [-0.25, -0.2) is 0 Å². The molecule has 2 N–H and O–H groups in total. The van der Waals surface area contributed by atoms with Crippen molar-refractivity contribution in [3.05, 3.63) is 53.3 Å². The molecule has 26 heavy (non-hydrogen) atoms. The monoisotopic (exact) mass is 612 g/mol. The molecular formula is C18H20Br4N2O2. The van der Waals surface area contributed by atoms with Gasteiger partial charge in [-0.05, 0) is 70.2 Å². The van der Waals surface area contributed by atoms with Gasteiger partial charge in [0.1, 0.15) is 11.5 Å². The Morgan fingerprint density at radius 3 is 1.38 bits per heavy atom. The number of halogens is 4. The van der Waals surface area contributed by atoms with Crippen LogP contribution in [0.4, 0.5) is 0 Å². The van der Waals surface area contributed by atoms with Crippen molar-refractivity contribution < 1.29 is 10.2 Å². The van der Waals surface area contributed by atoms with Crippen LogP contribution in [0.1, 0.15) is 11.1 Å². The molecule has 0 fully saturated rings. The number of nitrogens with zero attached hydrogens (tertiary/aromatic N) is 2. The minimum absolute atomic E-state index is 0.275. The van der Waals surface area contributed by atoms with Crippen LogP contribution in [-0.4, -0.2) is 47.2 Å². The SMILES string of the molecule is CN(CCN(C)Cc1cc(Br)cc(Br)c1O)Cc1cc(Br)cc(Br)c1O. The molecule has 0 aliphatic rings. The van der Waals surface area contributed by atoms with Gasteiger partial charge in [0.05, 0.1) is 8.95 Å². The maximum Gasteiger partial charge on any atom is 0.134 e. The fourth-order valence-corrected chi connectivity index (χ4v) is 5.19. The summed E-state index contributed by atoms with van der Waals surface area (Å²) in [5, 5.41) is 20.4. The third kappa shape index (κ3) is 6.21. The number of likely N-dealkylation sites (N-methyl/N-ethyl adjacent to an activating group) is 2. The quantitative estimate of drug-likeness (QED) is 0.419. The van der Waals surface area contributed by atoms with E-state index in [1.165, 1.54) is 0 Å². The molecule has 0 saturated carbocycles. The molecule has 0 bridgehead atoms. The van der Waals surface area contributed by atoms with E-state index in [9.17, 15) is 10.2 Å². The van der Waals surface area contributed by atoms with Crippen molar-refractivity contribution in [3.8, 4) is 11.5 Å². The molecule has 0 saturated heterocycles. The van der Waals surface area contributed by atoms with Gasteiger partial charge in [0.25, 0.3) is 0 Å².